The fourth-order valence-electron chi connectivity index (χ4n) is 1.26. The van der Waals surface area contributed by atoms with Crippen molar-refractivity contribution in [3.05, 3.63) is 0 Å². The Bertz CT molecular complexity index is 274. The molecule has 2 amide bonds. The van der Waals surface area contributed by atoms with Gasteiger partial charge in [-0.1, -0.05) is 20.8 Å². The molecule has 0 aliphatic heterocycles. The molecule has 6 heteroatoms. The smallest absolute Gasteiger partial charge is 0.326 e. The van der Waals surface area contributed by atoms with Gasteiger partial charge in [0.1, 0.15) is 6.04 Å². The van der Waals surface area contributed by atoms with Crippen molar-refractivity contribution in [2.45, 2.75) is 26.8 Å². The summed E-state index contributed by atoms with van der Waals surface area (Å²) in [5.74, 6) is -1.02. The zero-order chi connectivity index (χ0) is 13.6. The molecule has 17 heavy (non-hydrogen) atoms. The molecule has 0 saturated heterocycles. The number of carboxylic acids is 1. The summed E-state index contributed by atoms with van der Waals surface area (Å²) < 4.78 is 0. The Kier molecular flexibility index (Phi) is 5.95. The molecular formula is C11H23N3O3. The second-order valence-corrected chi connectivity index (χ2v) is 5.11. The second kappa shape index (κ2) is 6.44. The van der Waals surface area contributed by atoms with E-state index >= 15 is 0 Å². The SMILES string of the molecule is CNCCN(C)C(=O)NC(C(=O)O)C(C)(C)C. The standard InChI is InChI=1S/C11H23N3O3/c1-11(2,3)8(9(15)16)13-10(17)14(5)7-6-12-4/h8,12H,6-7H2,1-5H3,(H,13,17)(H,15,16). The Balaban J connectivity index is 4.47. The van der Waals surface area contributed by atoms with Gasteiger partial charge in [0.05, 0.1) is 0 Å². The number of likely N-dealkylation sites (N-methyl/N-ethyl adjacent to an activating group) is 2. The van der Waals surface area contributed by atoms with Crippen molar-refractivity contribution in [3.8, 4) is 0 Å². The quantitative estimate of drug-likeness (QED) is 0.652. The summed E-state index contributed by atoms with van der Waals surface area (Å²) in [4.78, 5) is 24.3. The molecule has 100 valence electrons. The highest BCUT2D eigenvalue weighted by atomic mass is 16.4. The molecule has 0 rings (SSSR count). The molecular weight excluding hydrogens is 222 g/mol. The van der Waals surface area contributed by atoms with Crippen LogP contribution in [0.2, 0.25) is 0 Å². The van der Waals surface area contributed by atoms with Crippen LogP contribution in [-0.2, 0) is 4.79 Å². The van der Waals surface area contributed by atoms with E-state index < -0.39 is 17.4 Å². The number of nitrogens with zero attached hydrogens (tertiary/aromatic N) is 1. The van der Waals surface area contributed by atoms with Gasteiger partial charge in [0.2, 0.25) is 0 Å². The third-order valence-corrected chi connectivity index (χ3v) is 2.42. The van der Waals surface area contributed by atoms with E-state index in [1.807, 2.05) is 0 Å². The van der Waals surface area contributed by atoms with Crippen LogP contribution in [0.15, 0.2) is 0 Å². The van der Waals surface area contributed by atoms with Crippen LogP contribution in [0.1, 0.15) is 20.8 Å². The monoisotopic (exact) mass is 245 g/mol. The average molecular weight is 245 g/mol. The minimum atomic E-state index is -1.02. The predicted octanol–water partition coefficient (Wildman–Crippen LogP) is 0.347. The number of urea groups is 1. The molecule has 0 aromatic carbocycles. The van der Waals surface area contributed by atoms with Crippen LogP contribution >= 0.6 is 0 Å². The molecule has 0 bridgehead atoms. The minimum absolute atomic E-state index is 0.373. The lowest BCUT2D eigenvalue weighted by molar-refractivity contribution is -0.142. The fraction of sp³-hybridized carbons (Fsp3) is 0.818. The Morgan fingerprint density at radius 3 is 2.24 bits per heavy atom. The number of hydrogen-bond donors (Lipinski definition) is 3. The number of carboxylic acid groups (broad SMARTS) is 1. The van der Waals surface area contributed by atoms with Crippen molar-refractivity contribution >= 4 is 12.0 Å². The normalized spacial score (nSPS) is 13.0. The largest absolute Gasteiger partial charge is 0.480 e. The molecule has 0 fully saturated rings. The van der Waals surface area contributed by atoms with Gasteiger partial charge in [-0.25, -0.2) is 9.59 Å². The maximum absolute atomic E-state index is 11.7. The number of aliphatic carboxylic acids is 1. The molecule has 0 heterocycles. The first-order valence-electron chi connectivity index (χ1n) is 5.59. The Labute approximate surface area is 102 Å². The van der Waals surface area contributed by atoms with E-state index in [0.717, 1.165) is 0 Å². The lowest BCUT2D eigenvalue weighted by Gasteiger charge is -2.29. The van der Waals surface area contributed by atoms with E-state index in [1.54, 1.807) is 34.9 Å². The van der Waals surface area contributed by atoms with E-state index in [1.165, 1.54) is 4.90 Å². The summed E-state index contributed by atoms with van der Waals surface area (Å²) in [5, 5.41) is 14.5. The van der Waals surface area contributed by atoms with Crippen molar-refractivity contribution in [1.29, 1.82) is 0 Å². The predicted molar refractivity (Wildman–Crippen MR) is 66.0 cm³/mol. The van der Waals surface area contributed by atoms with Gasteiger partial charge in [0, 0.05) is 20.1 Å². The molecule has 0 aliphatic carbocycles. The summed E-state index contributed by atoms with van der Waals surface area (Å²) >= 11 is 0. The summed E-state index contributed by atoms with van der Waals surface area (Å²) in [6.07, 6.45) is 0. The minimum Gasteiger partial charge on any atom is -0.480 e. The topological polar surface area (TPSA) is 81.7 Å². The lowest BCUT2D eigenvalue weighted by atomic mass is 9.87. The van der Waals surface area contributed by atoms with Crippen molar-refractivity contribution in [2.75, 3.05) is 27.2 Å². The summed E-state index contributed by atoms with van der Waals surface area (Å²) in [6.45, 7) is 6.52. The molecule has 0 aromatic rings. The first kappa shape index (κ1) is 15.7. The van der Waals surface area contributed by atoms with Gasteiger partial charge in [-0.2, -0.15) is 0 Å². The Hall–Kier alpha value is -1.30. The van der Waals surface area contributed by atoms with Gasteiger partial charge in [-0.05, 0) is 12.5 Å². The fourth-order valence-corrected chi connectivity index (χ4v) is 1.26. The molecule has 0 spiro atoms. The van der Waals surface area contributed by atoms with Crippen LogP contribution in [-0.4, -0.2) is 55.2 Å². The summed E-state index contributed by atoms with van der Waals surface area (Å²) in [6, 6.07) is -1.27. The zero-order valence-electron chi connectivity index (χ0n) is 11.2. The van der Waals surface area contributed by atoms with E-state index in [9.17, 15) is 9.59 Å². The number of rotatable bonds is 5. The molecule has 0 aliphatic rings. The van der Waals surface area contributed by atoms with Crippen molar-refractivity contribution in [3.63, 3.8) is 0 Å². The van der Waals surface area contributed by atoms with Gasteiger partial charge < -0.3 is 20.6 Å². The van der Waals surface area contributed by atoms with Crippen LogP contribution in [0.25, 0.3) is 0 Å². The third kappa shape index (κ3) is 5.53. The first-order valence-corrected chi connectivity index (χ1v) is 5.59. The summed E-state index contributed by atoms with van der Waals surface area (Å²) in [5.41, 5.74) is -0.522. The molecule has 1 unspecified atom stereocenters. The van der Waals surface area contributed by atoms with Gasteiger partial charge in [0.25, 0.3) is 0 Å². The first-order chi connectivity index (χ1) is 7.70. The highest BCUT2D eigenvalue weighted by Gasteiger charge is 2.33. The number of hydrogen-bond acceptors (Lipinski definition) is 3. The van der Waals surface area contributed by atoms with E-state index in [4.69, 9.17) is 5.11 Å². The van der Waals surface area contributed by atoms with E-state index in [-0.39, 0.29) is 6.03 Å². The molecule has 1 atom stereocenters. The lowest BCUT2D eigenvalue weighted by Crippen LogP contribution is -2.53. The Morgan fingerprint density at radius 2 is 1.88 bits per heavy atom. The average Bonchev–Trinajstić information content (AvgIpc) is 2.19. The third-order valence-electron chi connectivity index (χ3n) is 2.42. The maximum atomic E-state index is 11.7. The number of carbonyl (C=O) groups is 2. The van der Waals surface area contributed by atoms with Gasteiger partial charge in [-0.15, -0.1) is 0 Å². The zero-order valence-corrected chi connectivity index (χ0v) is 11.2. The molecule has 0 aromatic heterocycles. The maximum Gasteiger partial charge on any atom is 0.326 e. The number of nitrogens with one attached hydrogen (secondary N) is 2. The van der Waals surface area contributed by atoms with Crippen molar-refractivity contribution in [2.24, 2.45) is 5.41 Å². The van der Waals surface area contributed by atoms with Crippen molar-refractivity contribution in [1.82, 2.24) is 15.5 Å². The van der Waals surface area contributed by atoms with Gasteiger partial charge in [-0.3, -0.25) is 0 Å². The van der Waals surface area contributed by atoms with Crippen LogP contribution in [0, 0.1) is 5.41 Å². The van der Waals surface area contributed by atoms with Crippen LogP contribution in [0.5, 0.6) is 0 Å². The molecule has 0 saturated carbocycles. The van der Waals surface area contributed by atoms with Gasteiger partial charge >= 0.3 is 12.0 Å². The highest BCUT2D eigenvalue weighted by molar-refractivity contribution is 5.83. The molecule has 6 nitrogen and oxygen atoms in total. The van der Waals surface area contributed by atoms with Gasteiger partial charge in [0.15, 0.2) is 0 Å². The summed E-state index contributed by atoms with van der Waals surface area (Å²) in [7, 11) is 3.43. The molecule has 0 radical (unpaired) electrons. The number of amides is 2. The van der Waals surface area contributed by atoms with E-state index in [2.05, 4.69) is 10.6 Å². The second-order valence-electron chi connectivity index (χ2n) is 5.11. The highest BCUT2D eigenvalue weighted by Crippen LogP contribution is 2.19. The van der Waals surface area contributed by atoms with Crippen LogP contribution in [0.3, 0.4) is 0 Å². The van der Waals surface area contributed by atoms with E-state index in [0.29, 0.717) is 13.1 Å². The van der Waals surface area contributed by atoms with Crippen LogP contribution in [0.4, 0.5) is 4.79 Å². The van der Waals surface area contributed by atoms with Crippen LogP contribution < -0.4 is 10.6 Å². The molecule has 3 N–H and O–H groups in total. The Morgan fingerprint density at radius 1 is 1.35 bits per heavy atom. The number of carbonyl (C=O) groups excluding carboxylic acids is 1. The van der Waals surface area contributed by atoms with Crippen molar-refractivity contribution < 1.29 is 14.7 Å².